The van der Waals surface area contributed by atoms with Crippen LogP contribution in [0.15, 0.2) is 10.6 Å². The van der Waals surface area contributed by atoms with Crippen LogP contribution < -0.4 is 10.6 Å². The molecule has 0 radical (unpaired) electrons. The minimum absolute atomic E-state index is 0.0895. The maximum Gasteiger partial charge on any atom is 0.243 e. The third-order valence-electron chi connectivity index (χ3n) is 4.51. The highest BCUT2D eigenvalue weighted by Gasteiger charge is 2.44. The number of allylic oxidation sites excluding steroid dienone is 1. The molecule has 2 atom stereocenters. The normalized spacial score (nSPS) is 20.2. The number of hydrogen-bond acceptors (Lipinski definition) is 5. The van der Waals surface area contributed by atoms with Crippen molar-refractivity contribution in [3.8, 4) is 12.1 Å². The number of nitrogens with zero attached hydrogens (tertiary/aromatic N) is 2. The zero-order chi connectivity index (χ0) is 19.9. The lowest BCUT2D eigenvalue weighted by Crippen LogP contribution is -2.44. The van der Waals surface area contributed by atoms with Crippen molar-refractivity contribution in [2.75, 3.05) is 5.75 Å². The molecule has 7 heteroatoms. The summed E-state index contributed by atoms with van der Waals surface area (Å²) in [5, 5.41) is 24.6. The molecule has 26 heavy (non-hydrogen) atoms. The van der Waals surface area contributed by atoms with Gasteiger partial charge in [0.15, 0.2) is 0 Å². The Morgan fingerprint density at radius 1 is 1.31 bits per heavy atom. The number of carbonyl (C=O) groups is 2. The van der Waals surface area contributed by atoms with E-state index in [1.54, 1.807) is 13.8 Å². The van der Waals surface area contributed by atoms with E-state index in [0.717, 1.165) is 31.0 Å². The van der Waals surface area contributed by atoms with Gasteiger partial charge in [-0.25, -0.2) is 0 Å². The van der Waals surface area contributed by atoms with Crippen molar-refractivity contribution >= 4 is 23.6 Å². The van der Waals surface area contributed by atoms with Gasteiger partial charge in [0.05, 0.1) is 28.5 Å². The van der Waals surface area contributed by atoms with Crippen LogP contribution in [-0.4, -0.2) is 23.6 Å². The Labute approximate surface area is 160 Å². The molecular formula is C19H28N4O2S. The molecule has 2 N–H and O–H groups in total. The fourth-order valence-corrected chi connectivity index (χ4v) is 3.88. The largest absolute Gasteiger partial charge is 0.353 e. The molecule has 6 nitrogen and oxygen atoms in total. The number of hydrogen-bond donors (Lipinski definition) is 2. The van der Waals surface area contributed by atoms with Gasteiger partial charge in [-0.05, 0) is 19.3 Å². The lowest BCUT2D eigenvalue weighted by atomic mass is 9.72. The van der Waals surface area contributed by atoms with Crippen molar-refractivity contribution in [2.24, 2.45) is 17.3 Å². The molecule has 0 saturated carbocycles. The van der Waals surface area contributed by atoms with E-state index in [1.165, 1.54) is 0 Å². The smallest absolute Gasteiger partial charge is 0.243 e. The topological polar surface area (TPSA) is 106 Å². The molecule has 0 aromatic carbocycles. The van der Waals surface area contributed by atoms with Crippen LogP contribution in [-0.2, 0) is 9.59 Å². The standard InChI is InChI=1S/C19H28N4O2S/c1-12(2)7-6-8-13(3)22-16(24)11-26-18-15(10-21)19(4,5)14(9-20)17(25)23-18/h12-14H,6-8,11H2,1-5H3,(H,22,24)(H,23,25)/t13-,14+/m0/s1. The van der Waals surface area contributed by atoms with Crippen molar-refractivity contribution in [1.82, 2.24) is 10.6 Å². The molecule has 0 spiro atoms. The lowest BCUT2D eigenvalue weighted by molar-refractivity contribution is -0.125. The van der Waals surface area contributed by atoms with Crippen molar-refractivity contribution in [2.45, 2.75) is 59.9 Å². The van der Waals surface area contributed by atoms with Gasteiger partial charge in [-0.2, -0.15) is 10.5 Å². The highest BCUT2D eigenvalue weighted by Crippen LogP contribution is 2.41. The van der Waals surface area contributed by atoms with E-state index < -0.39 is 17.2 Å². The van der Waals surface area contributed by atoms with Gasteiger partial charge in [0.1, 0.15) is 5.92 Å². The first-order valence-electron chi connectivity index (χ1n) is 8.91. The molecule has 142 valence electrons. The fraction of sp³-hybridized carbons (Fsp3) is 0.684. The molecule has 0 fully saturated rings. The lowest BCUT2D eigenvalue weighted by Gasteiger charge is -2.34. The number of carbonyl (C=O) groups excluding carboxylic acids is 2. The van der Waals surface area contributed by atoms with Crippen molar-refractivity contribution in [3.63, 3.8) is 0 Å². The molecule has 2 amide bonds. The second-order valence-corrected chi connectivity index (χ2v) is 8.66. The number of nitriles is 2. The Morgan fingerprint density at radius 3 is 2.50 bits per heavy atom. The summed E-state index contributed by atoms with van der Waals surface area (Å²) in [5.74, 6) is -0.716. The first-order valence-corrected chi connectivity index (χ1v) is 9.89. The maximum atomic E-state index is 12.1. The molecular weight excluding hydrogens is 348 g/mol. The minimum Gasteiger partial charge on any atom is -0.353 e. The van der Waals surface area contributed by atoms with Crippen molar-refractivity contribution in [3.05, 3.63) is 10.6 Å². The summed E-state index contributed by atoms with van der Waals surface area (Å²) in [6.45, 7) is 9.74. The maximum absolute atomic E-state index is 12.1. The van der Waals surface area contributed by atoms with Crippen LogP contribution in [0.1, 0.15) is 53.9 Å². The molecule has 0 aromatic rings. The predicted octanol–water partition coefficient (Wildman–Crippen LogP) is 3.08. The van der Waals surface area contributed by atoms with Gasteiger partial charge in [0.25, 0.3) is 0 Å². The average molecular weight is 377 g/mol. The second-order valence-electron chi connectivity index (χ2n) is 7.67. The Bertz CT molecular complexity index is 655. The molecule has 0 saturated heterocycles. The first-order chi connectivity index (χ1) is 12.1. The van der Waals surface area contributed by atoms with Crippen LogP contribution >= 0.6 is 11.8 Å². The van der Waals surface area contributed by atoms with Gasteiger partial charge in [-0.3, -0.25) is 9.59 Å². The van der Waals surface area contributed by atoms with E-state index in [1.807, 2.05) is 13.0 Å². The van der Waals surface area contributed by atoms with Crippen LogP contribution in [0.5, 0.6) is 0 Å². The summed E-state index contributed by atoms with van der Waals surface area (Å²) in [6, 6.07) is 4.14. The van der Waals surface area contributed by atoms with E-state index in [0.29, 0.717) is 16.5 Å². The monoisotopic (exact) mass is 376 g/mol. The molecule has 1 aliphatic heterocycles. The number of thioether (sulfide) groups is 1. The number of amides is 2. The summed E-state index contributed by atoms with van der Waals surface area (Å²) in [7, 11) is 0. The van der Waals surface area contributed by atoms with Gasteiger partial charge >= 0.3 is 0 Å². The van der Waals surface area contributed by atoms with E-state index in [-0.39, 0.29) is 17.7 Å². The molecule has 1 aliphatic rings. The molecule has 1 rings (SSSR count). The number of rotatable bonds is 8. The SMILES string of the molecule is CC(C)CCC[C@H](C)NC(=O)CSC1=C(C#N)C(C)(C)[C@H](C#N)C(=O)N1. The van der Waals surface area contributed by atoms with Gasteiger partial charge in [0.2, 0.25) is 11.8 Å². The molecule has 0 aromatic heterocycles. The van der Waals surface area contributed by atoms with Crippen LogP contribution in [0.4, 0.5) is 0 Å². The van der Waals surface area contributed by atoms with Crippen LogP contribution in [0.25, 0.3) is 0 Å². The quantitative estimate of drug-likeness (QED) is 0.677. The van der Waals surface area contributed by atoms with E-state index in [9.17, 15) is 20.1 Å². The number of nitrogens with one attached hydrogen (secondary N) is 2. The van der Waals surface area contributed by atoms with Gasteiger partial charge in [-0.1, -0.05) is 52.3 Å². The van der Waals surface area contributed by atoms with E-state index >= 15 is 0 Å². The Morgan fingerprint density at radius 2 is 1.96 bits per heavy atom. The minimum atomic E-state index is -0.920. The van der Waals surface area contributed by atoms with Gasteiger partial charge in [0, 0.05) is 11.5 Å². The summed E-state index contributed by atoms with van der Waals surface area (Å²) < 4.78 is 0. The Kier molecular flexibility index (Phi) is 8.17. The highest BCUT2D eigenvalue weighted by atomic mass is 32.2. The third-order valence-corrected chi connectivity index (χ3v) is 5.51. The summed E-state index contributed by atoms with van der Waals surface area (Å²) in [4.78, 5) is 24.3. The Hall–Kier alpha value is -1.99. The summed E-state index contributed by atoms with van der Waals surface area (Å²) in [5.41, 5.74) is -0.541. The van der Waals surface area contributed by atoms with Crippen LogP contribution in [0.2, 0.25) is 0 Å². The Balaban J connectivity index is 2.66. The van der Waals surface area contributed by atoms with Crippen molar-refractivity contribution in [1.29, 1.82) is 10.5 Å². The van der Waals surface area contributed by atoms with Crippen LogP contribution in [0, 0.1) is 39.9 Å². The highest BCUT2D eigenvalue weighted by molar-refractivity contribution is 8.03. The van der Waals surface area contributed by atoms with Crippen molar-refractivity contribution < 1.29 is 9.59 Å². The summed E-state index contributed by atoms with van der Waals surface area (Å²) >= 11 is 1.13. The predicted molar refractivity (Wildman–Crippen MR) is 102 cm³/mol. The molecule has 0 aliphatic carbocycles. The molecule has 1 heterocycles. The summed E-state index contributed by atoms with van der Waals surface area (Å²) in [6.07, 6.45) is 3.12. The third kappa shape index (κ3) is 5.78. The first kappa shape index (κ1) is 22.1. The van der Waals surface area contributed by atoms with Gasteiger partial charge < -0.3 is 10.6 Å². The average Bonchev–Trinajstić information content (AvgIpc) is 2.51. The molecule has 0 unspecified atom stereocenters. The van der Waals surface area contributed by atoms with Gasteiger partial charge in [-0.15, -0.1) is 0 Å². The fourth-order valence-electron chi connectivity index (χ4n) is 2.89. The second kappa shape index (κ2) is 9.64. The van der Waals surface area contributed by atoms with Crippen LogP contribution in [0.3, 0.4) is 0 Å². The zero-order valence-electron chi connectivity index (χ0n) is 16.2. The van der Waals surface area contributed by atoms with E-state index in [2.05, 4.69) is 30.6 Å². The van der Waals surface area contributed by atoms with E-state index in [4.69, 9.17) is 0 Å². The zero-order valence-corrected chi connectivity index (χ0v) is 17.0. The molecule has 0 bridgehead atoms.